The first kappa shape index (κ1) is 15.8. The molecule has 0 saturated carbocycles. The van der Waals surface area contributed by atoms with E-state index in [0.717, 1.165) is 31.0 Å². The first-order valence-corrected chi connectivity index (χ1v) is 7.35. The van der Waals surface area contributed by atoms with Gasteiger partial charge in [0.25, 0.3) is 0 Å². The van der Waals surface area contributed by atoms with Crippen molar-refractivity contribution >= 4 is 0 Å². The Morgan fingerprint density at radius 2 is 2.24 bits per heavy atom. The number of ether oxygens (including phenoxy) is 2. The lowest BCUT2D eigenvalue weighted by molar-refractivity contribution is -0.0527. The minimum Gasteiger partial charge on any atom is -0.497 e. The van der Waals surface area contributed by atoms with Crippen LogP contribution in [0.1, 0.15) is 25.0 Å². The van der Waals surface area contributed by atoms with Crippen LogP contribution in [0.5, 0.6) is 5.75 Å². The van der Waals surface area contributed by atoms with E-state index in [-0.39, 0.29) is 6.10 Å². The largest absolute Gasteiger partial charge is 0.497 e. The van der Waals surface area contributed by atoms with Gasteiger partial charge in [-0.25, -0.2) is 0 Å². The smallest absolute Gasteiger partial charge is 0.119 e. The van der Waals surface area contributed by atoms with Crippen molar-refractivity contribution in [3.05, 3.63) is 29.3 Å². The second-order valence-electron chi connectivity index (χ2n) is 5.45. The molecule has 2 rings (SSSR count). The molecular formula is C17H24N2O2. The fourth-order valence-electron chi connectivity index (χ4n) is 2.51. The summed E-state index contributed by atoms with van der Waals surface area (Å²) in [6, 6.07) is 6.41. The number of hydrogen-bond acceptors (Lipinski definition) is 4. The summed E-state index contributed by atoms with van der Waals surface area (Å²) in [4.78, 5) is 2.43. The molecule has 2 unspecified atom stereocenters. The Morgan fingerprint density at radius 3 is 2.95 bits per heavy atom. The average molecular weight is 288 g/mol. The van der Waals surface area contributed by atoms with Crippen LogP contribution in [0.4, 0.5) is 0 Å². The van der Waals surface area contributed by atoms with Gasteiger partial charge in [-0.1, -0.05) is 11.8 Å². The quantitative estimate of drug-likeness (QED) is 0.859. The molecule has 2 atom stereocenters. The van der Waals surface area contributed by atoms with Crippen LogP contribution in [-0.2, 0) is 11.3 Å². The topological polar surface area (TPSA) is 47.7 Å². The van der Waals surface area contributed by atoms with Gasteiger partial charge < -0.3 is 15.2 Å². The van der Waals surface area contributed by atoms with Gasteiger partial charge >= 0.3 is 0 Å². The van der Waals surface area contributed by atoms with Gasteiger partial charge in [0.1, 0.15) is 5.75 Å². The summed E-state index contributed by atoms with van der Waals surface area (Å²) in [6.07, 6.45) is 0.269. The highest BCUT2D eigenvalue weighted by Gasteiger charge is 2.24. The van der Waals surface area contributed by atoms with E-state index in [2.05, 4.69) is 36.7 Å². The lowest BCUT2D eigenvalue weighted by Gasteiger charge is -2.37. The van der Waals surface area contributed by atoms with E-state index in [0.29, 0.717) is 12.6 Å². The van der Waals surface area contributed by atoms with Crippen LogP contribution in [0, 0.1) is 11.8 Å². The van der Waals surface area contributed by atoms with E-state index >= 15 is 0 Å². The molecular weight excluding hydrogens is 264 g/mol. The van der Waals surface area contributed by atoms with Crippen LogP contribution in [0.25, 0.3) is 0 Å². The zero-order chi connectivity index (χ0) is 15.2. The number of rotatable bonds is 3. The third-order valence-corrected chi connectivity index (χ3v) is 3.75. The Bertz CT molecular complexity index is 533. The fourth-order valence-corrected chi connectivity index (χ4v) is 2.51. The molecule has 1 aromatic rings. The van der Waals surface area contributed by atoms with Crippen LogP contribution in [0.3, 0.4) is 0 Å². The van der Waals surface area contributed by atoms with Crippen molar-refractivity contribution in [1.29, 1.82) is 0 Å². The minimum atomic E-state index is 0.269. The molecule has 1 aliphatic rings. The Hall–Kier alpha value is -1.54. The molecule has 1 fully saturated rings. The first-order chi connectivity index (χ1) is 10.1. The molecule has 0 aliphatic carbocycles. The first-order valence-electron chi connectivity index (χ1n) is 7.35. The third-order valence-electron chi connectivity index (χ3n) is 3.75. The van der Waals surface area contributed by atoms with Crippen molar-refractivity contribution in [3.8, 4) is 17.6 Å². The van der Waals surface area contributed by atoms with E-state index in [9.17, 15) is 0 Å². The Labute approximate surface area is 127 Å². The van der Waals surface area contributed by atoms with Crippen LogP contribution in [0.2, 0.25) is 0 Å². The number of benzene rings is 1. The number of hydrogen-bond donors (Lipinski definition) is 1. The van der Waals surface area contributed by atoms with Crippen molar-refractivity contribution in [2.45, 2.75) is 32.5 Å². The van der Waals surface area contributed by atoms with Crippen LogP contribution in [0.15, 0.2) is 18.2 Å². The maximum absolute atomic E-state index is 5.69. The van der Waals surface area contributed by atoms with E-state index < -0.39 is 0 Å². The Morgan fingerprint density at radius 1 is 1.43 bits per heavy atom. The van der Waals surface area contributed by atoms with Gasteiger partial charge in [-0.15, -0.1) is 0 Å². The fraction of sp³-hybridized carbons (Fsp3) is 0.529. The normalized spacial score (nSPS) is 22.5. The zero-order valence-electron chi connectivity index (χ0n) is 13.1. The summed E-state index contributed by atoms with van der Waals surface area (Å²) < 4.78 is 11.0. The number of morpholine rings is 1. The minimum absolute atomic E-state index is 0.269. The highest BCUT2D eigenvalue weighted by Crippen LogP contribution is 2.21. The summed E-state index contributed by atoms with van der Waals surface area (Å²) in [7, 11) is 1.68. The SMILES string of the molecule is COc1ccc(C#CCN)c(CN2CC(C)OCC2C)c1. The molecule has 21 heavy (non-hydrogen) atoms. The Balaban J connectivity index is 2.23. The van der Waals surface area contributed by atoms with Gasteiger partial charge in [-0.2, -0.15) is 0 Å². The molecule has 1 aliphatic heterocycles. The standard InChI is InChI=1S/C17H24N2O2/c1-13-12-21-14(2)10-19(13)11-16-9-17(20-3)7-6-15(16)5-4-8-18/h6-7,9,13-14H,8,10-12,18H2,1-3H3. The summed E-state index contributed by atoms with van der Waals surface area (Å²) in [6.45, 7) is 7.23. The maximum Gasteiger partial charge on any atom is 0.119 e. The predicted molar refractivity (Wildman–Crippen MR) is 84.2 cm³/mol. The number of nitrogens with two attached hydrogens (primary N) is 1. The van der Waals surface area contributed by atoms with Gasteiger partial charge in [0, 0.05) is 24.7 Å². The van der Waals surface area contributed by atoms with Gasteiger partial charge in [-0.05, 0) is 37.6 Å². The second-order valence-corrected chi connectivity index (χ2v) is 5.45. The van der Waals surface area contributed by atoms with Crippen LogP contribution < -0.4 is 10.5 Å². The molecule has 0 aromatic heterocycles. The predicted octanol–water partition coefficient (Wildman–Crippen LogP) is 1.61. The van der Waals surface area contributed by atoms with Crippen molar-refractivity contribution in [1.82, 2.24) is 4.90 Å². The summed E-state index contributed by atoms with van der Waals surface area (Å²) in [5.74, 6) is 6.94. The Kier molecular flexibility index (Phi) is 5.63. The van der Waals surface area contributed by atoms with Gasteiger partial charge in [0.05, 0.1) is 26.4 Å². The lowest BCUT2D eigenvalue weighted by atomic mass is 10.0. The van der Waals surface area contributed by atoms with Crippen LogP contribution >= 0.6 is 0 Å². The molecule has 0 bridgehead atoms. The van der Waals surface area contributed by atoms with E-state index in [1.165, 1.54) is 5.56 Å². The average Bonchev–Trinajstić information content (AvgIpc) is 2.49. The number of nitrogens with zero attached hydrogens (tertiary/aromatic N) is 1. The second kappa shape index (κ2) is 7.46. The summed E-state index contributed by atoms with van der Waals surface area (Å²) >= 11 is 0. The number of methoxy groups -OCH3 is 1. The van der Waals surface area contributed by atoms with Gasteiger partial charge in [0.2, 0.25) is 0 Å². The molecule has 0 spiro atoms. The van der Waals surface area contributed by atoms with Crippen molar-refractivity contribution in [3.63, 3.8) is 0 Å². The highest BCUT2D eigenvalue weighted by atomic mass is 16.5. The maximum atomic E-state index is 5.69. The highest BCUT2D eigenvalue weighted by molar-refractivity contribution is 5.45. The van der Waals surface area contributed by atoms with Crippen LogP contribution in [-0.4, -0.2) is 43.9 Å². The van der Waals surface area contributed by atoms with Gasteiger partial charge in [0.15, 0.2) is 0 Å². The van der Waals surface area contributed by atoms with Gasteiger partial charge in [-0.3, -0.25) is 4.90 Å². The monoisotopic (exact) mass is 288 g/mol. The molecule has 2 N–H and O–H groups in total. The molecule has 1 heterocycles. The summed E-state index contributed by atoms with van der Waals surface area (Å²) in [5, 5.41) is 0. The lowest BCUT2D eigenvalue weighted by Crippen LogP contribution is -2.46. The molecule has 4 heteroatoms. The van der Waals surface area contributed by atoms with Crippen molar-refractivity contribution < 1.29 is 9.47 Å². The summed E-state index contributed by atoms with van der Waals surface area (Å²) in [5.41, 5.74) is 7.68. The molecule has 0 amide bonds. The van der Waals surface area contributed by atoms with E-state index in [4.69, 9.17) is 15.2 Å². The van der Waals surface area contributed by atoms with Crippen molar-refractivity contribution in [2.24, 2.45) is 5.73 Å². The molecule has 4 nitrogen and oxygen atoms in total. The molecule has 0 radical (unpaired) electrons. The molecule has 1 aromatic carbocycles. The zero-order valence-corrected chi connectivity index (χ0v) is 13.1. The molecule has 114 valence electrons. The van der Waals surface area contributed by atoms with E-state index in [1.54, 1.807) is 7.11 Å². The molecule has 1 saturated heterocycles. The van der Waals surface area contributed by atoms with E-state index in [1.807, 2.05) is 12.1 Å². The third kappa shape index (κ3) is 4.21. The van der Waals surface area contributed by atoms with Crippen molar-refractivity contribution in [2.75, 3.05) is 26.8 Å².